The van der Waals surface area contributed by atoms with E-state index in [1.54, 1.807) is 0 Å². The van der Waals surface area contributed by atoms with Crippen LogP contribution in [0.4, 0.5) is 0 Å². The summed E-state index contributed by atoms with van der Waals surface area (Å²) in [4.78, 5) is 0. The van der Waals surface area contributed by atoms with Crippen LogP contribution in [0.1, 0.15) is 22.3 Å². The van der Waals surface area contributed by atoms with Gasteiger partial charge in [0.05, 0.1) is 0 Å². The predicted molar refractivity (Wildman–Crippen MR) is 96.5 cm³/mol. The van der Waals surface area contributed by atoms with Gasteiger partial charge in [0.25, 0.3) is 0 Å². The highest BCUT2D eigenvalue weighted by Crippen LogP contribution is 2.41. The molecule has 0 aromatic heterocycles. The number of hydrogen-bond donors (Lipinski definition) is 2. The molecule has 3 aromatic rings. The summed E-state index contributed by atoms with van der Waals surface area (Å²) < 4.78 is 0. The summed E-state index contributed by atoms with van der Waals surface area (Å²) in [6.07, 6.45) is 3.09. The molecule has 2 heteroatoms. The standard InChI is InChI=1S/C22H20O2/c23-21-18-12-10-15-6-8-16(9-7-15)11-13-19(22(21)24)20(14-18)17-4-2-1-3-5-17/h1-9,14,23-24H,10-13H2. The van der Waals surface area contributed by atoms with Gasteiger partial charge in [-0.25, -0.2) is 0 Å². The Morgan fingerprint density at radius 2 is 1.25 bits per heavy atom. The van der Waals surface area contributed by atoms with Crippen LogP contribution in [0.5, 0.6) is 11.5 Å². The first-order valence-corrected chi connectivity index (χ1v) is 8.42. The van der Waals surface area contributed by atoms with E-state index in [4.69, 9.17) is 0 Å². The number of hydrogen-bond acceptors (Lipinski definition) is 2. The highest BCUT2D eigenvalue weighted by molar-refractivity contribution is 5.74. The second kappa shape index (κ2) is 6.04. The van der Waals surface area contributed by atoms with Gasteiger partial charge in [-0.1, -0.05) is 54.6 Å². The minimum atomic E-state index is 0.0414. The predicted octanol–water partition coefficient (Wildman–Crippen LogP) is 4.65. The van der Waals surface area contributed by atoms with E-state index in [2.05, 4.69) is 36.4 Å². The van der Waals surface area contributed by atoms with Crippen molar-refractivity contribution < 1.29 is 10.2 Å². The van der Waals surface area contributed by atoms with Crippen LogP contribution < -0.4 is 0 Å². The normalized spacial score (nSPS) is 13.5. The lowest BCUT2D eigenvalue weighted by Gasteiger charge is -2.18. The molecule has 0 unspecified atom stereocenters. The van der Waals surface area contributed by atoms with Crippen LogP contribution in [0.2, 0.25) is 0 Å². The van der Waals surface area contributed by atoms with Crippen molar-refractivity contribution in [3.63, 3.8) is 0 Å². The maximum Gasteiger partial charge on any atom is 0.161 e. The Hall–Kier alpha value is -2.74. The lowest BCUT2D eigenvalue weighted by molar-refractivity contribution is 0.395. The summed E-state index contributed by atoms with van der Waals surface area (Å²) in [6.45, 7) is 0. The zero-order valence-electron chi connectivity index (χ0n) is 13.5. The van der Waals surface area contributed by atoms with Crippen molar-refractivity contribution in [3.8, 4) is 22.6 Å². The van der Waals surface area contributed by atoms with Crippen LogP contribution in [0.3, 0.4) is 0 Å². The Labute approximate surface area is 142 Å². The van der Waals surface area contributed by atoms with Crippen molar-refractivity contribution in [1.82, 2.24) is 0 Å². The minimum absolute atomic E-state index is 0.0414. The average molecular weight is 316 g/mol. The SMILES string of the molecule is Oc1c2cc(-c3ccccc3)c(c1O)CCc1ccc(cc1)CC2. The van der Waals surface area contributed by atoms with Crippen molar-refractivity contribution in [3.05, 3.63) is 82.9 Å². The van der Waals surface area contributed by atoms with Crippen LogP contribution in [0.15, 0.2) is 60.7 Å². The molecule has 0 saturated carbocycles. The Morgan fingerprint density at radius 3 is 1.92 bits per heavy atom. The molecule has 0 saturated heterocycles. The number of phenols is 2. The van der Waals surface area contributed by atoms with Crippen molar-refractivity contribution in [2.75, 3.05) is 0 Å². The van der Waals surface area contributed by atoms with Crippen molar-refractivity contribution in [2.24, 2.45) is 0 Å². The third-order valence-electron chi connectivity index (χ3n) is 4.91. The Bertz CT molecular complexity index is 865. The first-order chi connectivity index (χ1) is 11.7. The molecule has 0 radical (unpaired) electrons. The fourth-order valence-electron chi connectivity index (χ4n) is 3.49. The molecule has 0 heterocycles. The Morgan fingerprint density at radius 1 is 0.625 bits per heavy atom. The largest absolute Gasteiger partial charge is 0.504 e. The van der Waals surface area contributed by atoms with Gasteiger partial charge in [0.15, 0.2) is 11.5 Å². The molecule has 0 amide bonds. The molecule has 0 fully saturated rings. The highest BCUT2D eigenvalue weighted by Gasteiger charge is 2.19. The molecule has 2 N–H and O–H groups in total. The topological polar surface area (TPSA) is 40.5 Å². The zero-order chi connectivity index (χ0) is 16.5. The fraction of sp³-hybridized carbons (Fsp3) is 0.182. The second-order valence-electron chi connectivity index (χ2n) is 6.44. The van der Waals surface area contributed by atoms with Crippen LogP contribution in [0.25, 0.3) is 11.1 Å². The van der Waals surface area contributed by atoms with Gasteiger partial charge in [0.1, 0.15) is 0 Å². The van der Waals surface area contributed by atoms with Crippen LogP contribution in [0, 0.1) is 0 Å². The summed E-state index contributed by atoms with van der Waals surface area (Å²) in [7, 11) is 0. The summed E-state index contributed by atoms with van der Waals surface area (Å²) in [5, 5.41) is 21.1. The average Bonchev–Trinajstić information content (AvgIpc) is 2.62. The summed E-state index contributed by atoms with van der Waals surface area (Å²) in [6, 6.07) is 20.8. The molecule has 0 atom stereocenters. The van der Waals surface area contributed by atoms with Gasteiger partial charge in [-0.3, -0.25) is 0 Å². The maximum absolute atomic E-state index is 10.6. The van der Waals surface area contributed by atoms with E-state index in [9.17, 15) is 10.2 Å². The number of aryl methyl sites for hydroxylation is 3. The van der Waals surface area contributed by atoms with Crippen molar-refractivity contribution in [1.29, 1.82) is 0 Å². The molecule has 2 nitrogen and oxygen atoms in total. The third-order valence-corrected chi connectivity index (χ3v) is 4.91. The van der Waals surface area contributed by atoms with Gasteiger partial charge in [-0.15, -0.1) is 0 Å². The Balaban J connectivity index is 1.89. The quantitative estimate of drug-likeness (QED) is 0.642. The monoisotopic (exact) mass is 316 g/mol. The minimum Gasteiger partial charge on any atom is -0.504 e. The Kier molecular flexibility index (Phi) is 3.73. The molecule has 120 valence electrons. The number of benzene rings is 3. The number of rotatable bonds is 1. The summed E-state index contributed by atoms with van der Waals surface area (Å²) >= 11 is 0. The molecular weight excluding hydrogens is 296 g/mol. The van der Waals surface area contributed by atoms with Crippen molar-refractivity contribution in [2.45, 2.75) is 25.7 Å². The maximum atomic E-state index is 10.6. The van der Waals surface area contributed by atoms with Crippen LogP contribution in [-0.2, 0) is 25.7 Å². The molecule has 4 aliphatic rings. The fourth-order valence-corrected chi connectivity index (χ4v) is 3.49. The molecule has 24 heavy (non-hydrogen) atoms. The van der Waals surface area contributed by atoms with E-state index in [1.807, 2.05) is 24.3 Å². The van der Waals surface area contributed by atoms with E-state index >= 15 is 0 Å². The van der Waals surface area contributed by atoms with E-state index in [-0.39, 0.29) is 11.5 Å². The van der Waals surface area contributed by atoms with Gasteiger partial charge >= 0.3 is 0 Å². The van der Waals surface area contributed by atoms with Gasteiger partial charge in [-0.2, -0.15) is 0 Å². The number of aromatic hydroxyl groups is 2. The van der Waals surface area contributed by atoms with Gasteiger partial charge in [0, 0.05) is 5.56 Å². The van der Waals surface area contributed by atoms with Gasteiger partial charge < -0.3 is 10.2 Å². The lowest BCUT2D eigenvalue weighted by atomic mass is 9.89. The summed E-state index contributed by atoms with van der Waals surface area (Å²) in [5.74, 6) is 0.0843. The molecule has 4 bridgehead atoms. The third kappa shape index (κ3) is 2.65. The van der Waals surface area contributed by atoms with E-state index < -0.39 is 0 Å². The first-order valence-electron chi connectivity index (χ1n) is 8.42. The lowest BCUT2D eigenvalue weighted by Crippen LogP contribution is -2.01. The molecule has 4 aliphatic carbocycles. The molecule has 3 aromatic carbocycles. The smallest absolute Gasteiger partial charge is 0.161 e. The molecular formula is C22H20O2. The zero-order valence-corrected chi connectivity index (χ0v) is 13.5. The molecule has 0 aliphatic heterocycles. The van der Waals surface area contributed by atoms with E-state index in [0.29, 0.717) is 12.8 Å². The van der Waals surface area contributed by atoms with Crippen molar-refractivity contribution >= 4 is 0 Å². The van der Waals surface area contributed by atoms with E-state index in [0.717, 1.165) is 35.1 Å². The van der Waals surface area contributed by atoms with E-state index in [1.165, 1.54) is 11.1 Å². The van der Waals surface area contributed by atoms with Crippen LogP contribution in [-0.4, -0.2) is 10.2 Å². The van der Waals surface area contributed by atoms with Gasteiger partial charge in [0.2, 0.25) is 0 Å². The van der Waals surface area contributed by atoms with Gasteiger partial charge in [-0.05, 0) is 59.6 Å². The summed E-state index contributed by atoms with van der Waals surface area (Å²) in [5.41, 5.74) is 6.24. The highest BCUT2D eigenvalue weighted by atomic mass is 16.3. The second-order valence-corrected chi connectivity index (χ2v) is 6.44. The molecule has 7 rings (SSSR count). The first kappa shape index (κ1) is 14.8. The number of phenolic OH excluding ortho intramolecular Hbond substituents is 2. The van der Waals surface area contributed by atoms with Crippen LogP contribution >= 0.6 is 0 Å². The molecule has 0 spiro atoms.